The van der Waals surface area contributed by atoms with Crippen LogP contribution in [0, 0.1) is 0 Å². The molecule has 2 aromatic heterocycles. The molecule has 0 aliphatic rings. The third-order valence-corrected chi connectivity index (χ3v) is 2.43. The van der Waals surface area contributed by atoms with E-state index in [1.807, 2.05) is 0 Å². The maximum Gasteiger partial charge on any atom is 0.200 e. The van der Waals surface area contributed by atoms with Crippen molar-refractivity contribution in [2.24, 2.45) is 7.05 Å². The first-order chi connectivity index (χ1) is 8.09. The van der Waals surface area contributed by atoms with Crippen molar-refractivity contribution >= 4 is 0 Å². The van der Waals surface area contributed by atoms with Gasteiger partial charge in [-0.15, -0.1) is 5.10 Å². The van der Waals surface area contributed by atoms with Gasteiger partial charge in [0.1, 0.15) is 11.8 Å². The van der Waals surface area contributed by atoms with E-state index in [0.29, 0.717) is 17.1 Å². The zero-order chi connectivity index (χ0) is 12.4. The summed E-state index contributed by atoms with van der Waals surface area (Å²) in [4.78, 5) is 4.15. The predicted octanol–water partition coefficient (Wildman–Crippen LogP) is -0.314. The van der Waals surface area contributed by atoms with Crippen molar-refractivity contribution in [3.63, 3.8) is 0 Å². The molecule has 2 N–H and O–H groups in total. The van der Waals surface area contributed by atoms with Gasteiger partial charge in [0.2, 0.25) is 0 Å². The number of hydrogen-bond donors (Lipinski definition) is 2. The first-order valence-corrected chi connectivity index (χ1v) is 5.14. The number of aromatic nitrogens is 5. The molecule has 2 aromatic rings. The summed E-state index contributed by atoms with van der Waals surface area (Å²) in [6.07, 6.45) is -0.269. The van der Waals surface area contributed by atoms with Crippen LogP contribution in [0.2, 0.25) is 0 Å². The van der Waals surface area contributed by atoms with Crippen molar-refractivity contribution in [1.29, 1.82) is 0 Å². The Balaban J connectivity index is 2.28. The molecule has 2 unspecified atom stereocenters. The molecule has 0 fully saturated rings. The van der Waals surface area contributed by atoms with Crippen molar-refractivity contribution in [2.45, 2.75) is 19.1 Å². The summed E-state index contributed by atoms with van der Waals surface area (Å²) < 4.78 is 1.51. The van der Waals surface area contributed by atoms with E-state index in [9.17, 15) is 10.2 Å². The van der Waals surface area contributed by atoms with Crippen LogP contribution < -0.4 is 0 Å². The molecular weight excluding hydrogens is 222 g/mol. The second-order valence-electron chi connectivity index (χ2n) is 3.79. The van der Waals surface area contributed by atoms with Gasteiger partial charge in [0.05, 0.1) is 6.10 Å². The molecule has 7 nitrogen and oxygen atoms in total. The van der Waals surface area contributed by atoms with Crippen LogP contribution in [0.25, 0.3) is 11.5 Å². The maximum atomic E-state index is 9.64. The van der Waals surface area contributed by atoms with Crippen molar-refractivity contribution in [2.75, 3.05) is 0 Å². The summed E-state index contributed by atoms with van der Waals surface area (Å²) in [6.45, 7) is 1.52. The Kier molecular flexibility index (Phi) is 3.12. The van der Waals surface area contributed by atoms with E-state index in [1.54, 1.807) is 19.2 Å². The lowest BCUT2D eigenvalue weighted by Crippen LogP contribution is -2.14. The Morgan fingerprint density at radius 3 is 2.53 bits per heavy atom. The van der Waals surface area contributed by atoms with E-state index in [4.69, 9.17) is 0 Å². The topological polar surface area (TPSA) is 97.0 Å². The highest BCUT2D eigenvalue weighted by Gasteiger charge is 2.15. The van der Waals surface area contributed by atoms with Crippen LogP contribution in [-0.2, 0) is 7.05 Å². The summed E-state index contributed by atoms with van der Waals surface area (Å²) >= 11 is 0. The zero-order valence-corrected chi connectivity index (χ0v) is 9.52. The minimum Gasteiger partial charge on any atom is -0.390 e. The molecule has 0 bridgehead atoms. The highest BCUT2D eigenvalue weighted by atomic mass is 16.3. The summed E-state index contributed by atoms with van der Waals surface area (Å²) in [5.74, 6) is 0.545. The normalized spacial score (nSPS) is 14.6. The maximum absolute atomic E-state index is 9.64. The number of rotatable bonds is 3. The summed E-state index contributed by atoms with van der Waals surface area (Å²) in [5, 5.41) is 29.9. The molecule has 0 saturated carbocycles. The van der Waals surface area contributed by atoms with Gasteiger partial charge in [0.25, 0.3) is 0 Å². The van der Waals surface area contributed by atoms with Crippen LogP contribution in [-0.4, -0.2) is 41.5 Å². The molecule has 2 heterocycles. The molecule has 0 saturated heterocycles. The molecular formula is C10H13N5O2. The second-order valence-corrected chi connectivity index (χ2v) is 3.79. The molecule has 17 heavy (non-hydrogen) atoms. The SMILES string of the molecule is CC(O)C(O)c1ccc(-c2nnnn2C)nc1. The highest BCUT2D eigenvalue weighted by molar-refractivity contribution is 5.48. The third kappa shape index (κ3) is 2.29. The van der Waals surface area contributed by atoms with E-state index < -0.39 is 12.2 Å². The summed E-state index contributed by atoms with van der Waals surface area (Å²) in [7, 11) is 1.72. The lowest BCUT2D eigenvalue weighted by molar-refractivity contribution is 0.0303. The summed E-state index contributed by atoms with van der Waals surface area (Å²) in [6, 6.07) is 3.39. The van der Waals surface area contributed by atoms with Crippen molar-refractivity contribution in [3.8, 4) is 11.5 Å². The predicted molar refractivity (Wildman–Crippen MR) is 58.7 cm³/mol. The molecule has 2 rings (SSSR count). The van der Waals surface area contributed by atoms with Gasteiger partial charge in [-0.05, 0) is 23.4 Å². The van der Waals surface area contributed by atoms with Gasteiger partial charge in [0, 0.05) is 18.8 Å². The average Bonchev–Trinajstić information content (AvgIpc) is 2.74. The lowest BCUT2D eigenvalue weighted by atomic mass is 10.1. The Labute approximate surface area is 97.7 Å². The van der Waals surface area contributed by atoms with Crippen LogP contribution in [0.3, 0.4) is 0 Å². The Morgan fingerprint density at radius 1 is 1.29 bits per heavy atom. The number of pyridine rings is 1. The average molecular weight is 235 g/mol. The van der Waals surface area contributed by atoms with Gasteiger partial charge in [0.15, 0.2) is 5.82 Å². The number of nitrogens with zero attached hydrogens (tertiary/aromatic N) is 5. The minimum absolute atomic E-state index is 0.545. The second kappa shape index (κ2) is 4.56. The first kappa shape index (κ1) is 11.6. The number of aliphatic hydroxyl groups is 2. The molecule has 0 spiro atoms. The Hall–Kier alpha value is -1.86. The fourth-order valence-corrected chi connectivity index (χ4v) is 1.44. The van der Waals surface area contributed by atoms with Gasteiger partial charge < -0.3 is 10.2 Å². The highest BCUT2D eigenvalue weighted by Crippen LogP contribution is 2.18. The van der Waals surface area contributed by atoms with E-state index in [2.05, 4.69) is 20.5 Å². The van der Waals surface area contributed by atoms with E-state index >= 15 is 0 Å². The van der Waals surface area contributed by atoms with Gasteiger partial charge in [-0.3, -0.25) is 4.98 Å². The lowest BCUT2D eigenvalue weighted by Gasteiger charge is -2.13. The van der Waals surface area contributed by atoms with Crippen LogP contribution in [0.1, 0.15) is 18.6 Å². The number of tetrazole rings is 1. The zero-order valence-electron chi connectivity index (χ0n) is 9.52. The van der Waals surface area contributed by atoms with Crippen molar-refractivity contribution in [3.05, 3.63) is 23.9 Å². The quantitative estimate of drug-likeness (QED) is 0.757. The van der Waals surface area contributed by atoms with Crippen LogP contribution in [0.5, 0.6) is 0 Å². The fourth-order valence-electron chi connectivity index (χ4n) is 1.44. The van der Waals surface area contributed by atoms with Gasteiger partial charge in [-0.1, -0.05) is 6.07 Å². The molecule has 0 radical (unpaired) electrons. The number of aliphatic hydroxyl groups excluding tert-OH is 2. The van der Waals surface area contributed by atoms with E-state index in [1.165, 1.54) is 17.8 Å². The van der Waals surface area contributed by atoms with Crippen molar-refractivity contribution in [1.82, 2.24) is 25.2 Å². The van der Waals surface area contributed by atoms with Crippen LogP contribution in [0.15, 0.2) is 18.3 Å². The molecule has 0 aliphatic heterocycles. The molecule has 7 heteroatoms. The number of hydrogen-bond acceptors (Lipinski definition) is 6. The Morgan fingerprint density at radius 2 is 2.06 bits per heavy atom. The smallest absolute Gasteiger partial charge is 0.200 e. The molecule has 90 valence electrons. The fraction of sp³-hybridized carbons (Fsp3) is 0.400. The monoisotopic (exact) mass is 235 g/mol. The van der Waals surface area contributed by atoms with E-state index in [-0.39, 0.29) is 0 Å². The minimum atomic E-state index is -0.936. The molecule has 0 aliphatic carbocycles. The summed E-state index contributed by atoms with van der Waals surface area (Å²) in [5.41, 5.74) is 1.16. The number of aryl methyl sites for hydroxylation is 1. The standard InChI is InChI=1S/C10H13N5O2/c1-6(16)9(17)7-3-4-8(11-5-7)10-12-13-14-15(10)2/h3-6,9,16-17H,1-2H3. The van der Waals surface area contributed by atoms with Gasteiger partial charge >= 0.3 is 0 Å². The Bertz CT molecular complexity index is 494. The molecule has 2 atom stereocenters. The van der Waals surface area contributed by atoms with Crippen LogP contribution >= 0.6 is 0 Å². The third-order valence-electron chi connectivity index (χ3n) is 2.43. The largest absolute Gasteiger partial charge is 0.390 e. The molecule has 0 aromatic carbocycles. The van der Waals surface area contributed by atoms with Gasteiger partial charge in [-0.25, -0.2) is 4.68 Å². The molecule has 0 amide bonds. The van der Waals surface area contributed by atoms with E-state index in [0.717, 1.165) is 0 Å². The first-order valence-electron chi connectivity index (χ1n) is 5.14. The van der Waals surface area contributed by atoms with Gasteiger partial charge in [-0.2, -0.15) is 0 Å². The van der Waals surface area contributed by atoms with Crippen LogP contribution in [0.4, 0.5) is 0 Å². The van der Waals surface area contributed by atoms with Crippen molar-refractivity contribution < 1.29 is 10.2 Å².